The predicted octanol–water partition coefficient (Wildman–Crippen LogP) is 0.859. The van der Waals surface area contributed by atoms with Crippen molar-refractivity contribution in [2.45, 2.75) is 20.8 Å². The number of carbonyl (C=O) groups is 1. The second-order valence-electron chi connectivity index (χ2n) is 3.14. The molecule has 0 spiro atoms. The van der Waals surface area contributed by atoms with Crippen LogP contribution in [0.2, 0.25) is 0 Å². The van der Waals surface area contributed by atoms with Crippen LogP contribution in [-0.2, 0) is 9.53 Å². The molecule has 0 aromatic rings. The van der Waals surface area contributed by atoms with Crippen LogP contribution < -0.4 is 5.73 Å². The fourth-order valence-electron chi connectivity index (χ4n) is 0.360. The molecule has 1 N–H and O–H groups in total. The van der Waals surface area contributed by atoms with Gasteiger partial charge in [0.2, 0.25) is 0 Å². The Hall–Kier alpha value is -0.570. The fraction of sp³-hybridized carbons (Fsp3) is 0.857. The van der Waals surface area contributed by atoms with Crippen LogP contribution in [0.1, 0.15) is 20.8 Å². The molecule has 0 amide bonds. The van der Waals surface area contributed by atoms with Gasteiger partial charge in [-0.2, -0.15) is 0 Å². The average Bonchev–Trinajstić information content (AvgIpc) is 1.80. The maximum Gasteiger partial charge on any atom is 0.311 e. The predicted molar refractivity (Wildman–Crippen MR) is 38.4 cm³/mol. The Morgan fingerprint density at radius 1 is 1.50 bits per heavy atom. The SMILES string of the molecule is CC(C)(C)C(=O)OCC[NH]. The fourth-order valence-corrected chi connectivity index (χ4v) is 0.360. The molecule has 0 saturated heterocycles. The van der Waals surface area contributed by atoms with Crippen molar-refractivity contribution in [2.75, 3.05) is 13.2 Å². The summed E-state index contributed by atoms with van der Waals surface area (Å²) in [6.45, 7) is 5.72. The first-order valence-electron chi connectivity index (χ1n) is 3.30. The minimum absolute atomic E-state index is 0.141. The summed E-state index contributed by atoms with van der Waals surface area (Å²) in [4.78, 5) is 10.9. The Bertz CT molecular complexity index is 115. The molecule has 0 aliphatic heterocycles. The molecule has 0 aliphatic rings. The van der Waals surface area contributed by atoms with Crippen molar-refractivity contribution in [1.82, 2.24) is 5.73 Å². The lowest BCUT2D eigenvalue weighted by atomic mass is 9.97. The third kappa shape index (κ3) is 3.45. The zero-order chi connectivity index (χ0) is 8.20. The monoisotopic (exact) mass is 144 g/mol. The zero-order valence-electron chi connectivity index (χ0n) is 6.73. The Balaban J connectivity index is 3.64. The normalized spacial score (nSPS) is 11.2. The van der Waals surface area contributed by atoms with Gasteiger partial charge in [-0.1, -0.05) is 0 Å². The second kappa shape index (κ2) is 3.56. The van der Waals surface area contributed by atoms with Gasteiger partial charge in [-0.05, 0) is 20.8 Å². The van der Waals surface area contributed by atoms with Crippen LogP contribution in [0.25, 0.3) is 0 Å². The van der Waals surface area contributed by atoms with Gasteiger partial charge in [0.1, 0.15) is 6.61 Å². The number of hydrogen-bond acceptors (Lipinski definition) is 2. The van der Waals surface area contributed by atoms with Crippen LogP contribution in [0.4, 0.5) is 0 Å². The minimum atomic E-state index is -0.435. The highest BCUT2D eigenvalue weighted by Gasteiger charge is 2.22. The summed E-state index contributed by atoms with van der Waals surface area (Å²) >= 11 is 0. The summed E-state index contributed by atoms with van der Waals surface area (Å²) in [6.07, 6.45) is 0. The van der Waals surface area contributed by atoms with E-state index >= 15 is 0 Å². The van der Waals surface area contributed by atoms with Crippen molar-refractivity contribution in [1.29, 1.82) is 0 Å². The van der Waals surface area contributed by atoms with Crippen LogP contribution >= 0.6 is 0 Å². The molecular weight excluding hydrogens is 130 g/mol. The molecule has 3 nitrogen and oxygen atoms in total. The molecule has 0 fully saturated rings. The lowest BCUT2D eigenvalue weighted by Crippen LogP contribution is -2.24. The van der Waals surface area contributed by atoms with Crippen LogP contribution in [-0.4, -0.2) is 19.1 Å². The lowest BCUT2D eigenvalue weighted by Gasteiger charge is -2.15. The quantitative estimate of drug-likeness (QED) is 0.540. The molecule has 10 heavy (non-hydrogen) atoms. The van der Waals surface area contributed by atoms with Gasteiger partial charge >= 0.3 is 5.97 Å². The first-order chi connectivity index (χ1) is 4.48. The molecule has 0 aliphatic carbocycles. The number of carbonyl (C=O) groups excluding carboxylic acids is 1. The van der Waals surface area contributed by atoms with E-state index in [0.717, 1.165) is 0 Å². The van der Waals surface area contributed by atoms with E-state index in [2.05, 4.69) is 0 Å². The van der Waals surface area contributed by atoms with E-state index in [-0.39, 0.29) is 19.1 Å². The van der Waals surface area contributed by atoms with E-state index in [1.54, 1.807) is 20.8 Å². The van der Waals surface area contributed by atoms with Crippen molar-refractivity contribution in [2.24, 2.45) is 5.41 Å². The first kappa shape index (κ1) is 9.43. The standard InChI is InChI=1S/C7H14NO2/c1-7(2,3)6(9)10-5-4-8/h8H,4-5H2,1-3H3. The van der Waals surface area contributed by atoms with E-state index in [1.807, 2.05) is 0 Å². The molecule has 59 valence electrons. The van der Waals surface area contributed by atoms with E-state index in [9.17, 15) is 4.79 Å². The van der Waals surface area contributed by atoms with E-state index in [4.69, 9.17) is 10.5 Å². The topological polar surface area (TPSA) is 50.1 Å². The van der Waals surface area contributed by atoms with Crippen molar-refractivity contribution in [3.8, 4) is 0 Å². The molecule has 0 unspecified atom stereocenters. The third-order valence-electron chi connectivity index (χ3n) is 0.948. The number of esters is 1. The van der Waals surface area contributed by atoms with E-state index < -0.39 is 5.41 Å². The molecular formula is C7H14NO2. The summed E-state index contributed by atoms with van der Waals surface area (Å²) in [7, 11) is 0. The Morgan fingerprint density at radius 3 is 2.30 bits per heavy atom. The largest absolute Gasteiger partial charge is 0.464 e. The maximum atomic E-state index is 10.9. The number of rotatable bonds is 2. The van der Waals surface area contributed by atoms with Crippen molar-refractivity contribution < 1.29 is 9.53 Å². The Morgan fingerprint density at radius 2 is 2.00 bits per heavy atom. The number of ether oxygens (including phenoxy) is 1. The number of nitrogens with one attached hydrogen (secondary N) is 1. The summed E-state index contributed by atoms with van der Waals surface area (Å²) in [5, 5.41) is 0. The summed E-state index contributed by atoms with van der Waals surface area (Å²) < 4.78 is 4.73. The highest BCUT2D eigenvalue weighted by Crippen LogP contribution is 2.14. The molecule has 0 bridgehead atoms. The van der Waals surface area contributed by atoms with Gasteiger partial charge in [-0.25, -0.2) is 0 Å². The molecule has 1 radical (unpaired) electrons. The molecule has 0 saturated carbocycles. The Kier molecular flexibility index (Phi) is 3.36. The molecule has 0 aromatic carbocycles. The molecule has 0 atom stereocenters. The van der Waals surface area contributed by atoms with Gasteiger partial charge < -0.3 is 4.74 Å². The smallest absolute Gasteiger partial charge is 0.311 e. The summed E-state index contributed by atoms with van der Waals surface area (Å²) in [6, 6.07) is 0. The van der Waals surface area contributed by atoms with Gasteiger partial charge in [-0.15, -0.1) is 0 Å². The zero-order valence-corrected chi connectivity index (χ0v) is 6.73. The Labute approximate surface area is 61.5 Å². The minimum Gasteiger partial charge on any atom is -0.464 e. The van der Waals surface area contributed by atoms with Crippen LogP contribution in [0.15, 0.2) is 0 Å². The van der Waals surface area contributed by atoms with Crippen LogP contribution in [0.5, 0.6) is 0 Å². The average molecular weight is 144 g/mol. The summed E-state index contributed by atoms with van der Waals surface area (Å²) in [5.74, 6) is -0.236. The van der Waals surface area contributed by atoms with Crippen molar-refractivity contribution in [3.05, 3.63) is 0 Å². The molecule has 0 rings (SSSR count). The highest BCUT2D eigenvalue weighted by molar-refractivity contribution is 5.75. The van der Waals surface area contributed by atoms with Crippen LogP contribution in [0, 0.1) is 5.41 Å². The van der Waals surface area contributed by atoms with E-state index in [1.165, 1.54) is 0 Å². The van der Waals surface area contributed by atoms with Gasteiger partial charge in [-0.3, -0.25) is 10.5 Å². The van der Waals surface area contributed by atoms with Crippen LogP contribution in [0.3, 0.4) is 0 Å². The van der Waals surface area contributed by atoms with Gasteiger partial charge in [0.05, 0.1) is 5.41 Å². The molecule has 3 heteroatoms. The van der Waals surface area contributed by atoms with Gasteiger partial charge in [0.25, 0.3) is 0 Å². The van der Waals surface area contributed by atoms with Crippen molar-refractivity contribution >= 4 is 5.97 Å². The second-order valence-corrected chi connectivity index (χ2v) is 3.14. The lowest BCUT2D eigenvalue weighted by molar-refractivity contribution is -0.152. The molecule has 0 heterocycles. The van der Waals surface area contributed by atoms with Gasteiger partial charge in [0.15, 0.2) is 0 Å². The first-order valence-corrected chi connectivity index (χ1v) is 3.30. The third-order valence-corrected chi connectivity index (χ3v) is 0.948. The summed E-state index contributed by atoms with van der Waals surface area (Å²) in [5.41, 5.74) is 6.29. The van der Waals surface area contributed by atoms with Crippen molar-refractivity contribution in [3.63, 3.8) is 0 Å². The van der Waals surface area contributed by atoms with E-state index in [0.29, 0.717) is 0 Å². The number of hydrogen-bond donors (Lipinski definition) is 0. The van der Waals surface area contributed by atoms with Gasteiger partial charge in [0, 0.05) is 6.54 Å². The maximum absolute atomic E-state index is 10.9. The highest BCUT2D eigenvalue weighted by atomic mass is 16.5. The molecule has 0 aromatic heterocycles.